The van der Waals surface area contributed by atoms with Gasteiger partial charge >= 0.3 is 5.97 Å². The molecular weight excluding hydrogens is 576 g/mol. The fraction of sp³-hybridized carbons (Fsp3) is 0.467. The summed E-state index contributed by atoms with van der Waals surface area (Å²) in [5.74, 6) is -1.70. The fourth-order valence-corrected chi connectivity index (χ4v) is 7.03. The first-order chi connectivity index (χ1) is 19.7. The topological polar surface area (TPSA) is 171 Å². The zero-order valence-corrected chi connectivity index (χ0v) is 25.9. The Balaban J connectivity index is 1.92. The van der Waals surface area contributed by atoms with Gasteiger partial charge in [0.05, 0.1) is 6.04 Å². The quantitative estimate of drug-likeness (QED) is 0.273. The number of hydrogen-bond acceptors (Lipinski definition) is 8. The number of amides is 3. The first-order valence-corrected chi connectivity index (χ1v) is 15.7. The van der Waals surface area contributed by atoms with Crippen LogP contribution in [0.15, 0.2) is 54.6 Å². The average Bonchev–Trinajstić information content (AvgIpc) is 2.93. The van der Waals surface area contributed by atoms with Crippen LogP contribution < -0.4 is 21.7 Å². The first kappa shape index (κ1) is 33.3. The molecule has 1 heterocycles. The number of nitrogens with two attached hydrogens (primary N) is 1. The van der Waals surface area contributed by atoms with Gasteiger partial charge in [-0.1, -0.05) is 42.5 Å². The minimum Gasteiger partial charge on any atom is -0.508 e. The van der Waals surface area contributed by atoms with E-state index in [1.807, 2.05) is 44.2 Å². The third-order valence-corrected chi connectivity index (χ3v) is 10.2. The molecule has 228 valence electrons. The number of aliphatic carboxylic acids is 1. The van der Waals surface area contributed by atoms with Crippen molar-refractivity contribution in [3.63, 3.8) is 0 Å². The van der Waals surface area contributed by atoms with Crippen LogP contribution in [0.3, 0.4) is 0 Å². The standard InChI is InChI=1S/C30H40N4O6S2/c1-29(2)23(33-25(36)21(31)16-19-10-12-20(35)13-11-19)27(38)32-22(17-18-8-6-5-7-9-18)26(37)34-24(28(39)40)30(3,4)42-15-14-41-29/h5-13,21-24,35H,14-17,31H2,1-4H3,(H,32,38)(H,33,36)(H,34,37)(H,39,40)/t21-,22-,23?,24-/m0/s1. The van der Waals surface area contributed by atoms with Gasteiger partial charge in [0, 0.05) is 27.4 Å². The van der Waals surface area contributed by atoms with Crippen molar-refractivity contribution in [2.24, 2.45) is 5.73 Å². The van der Waals surface area contributed by atoms with Crippen LogP contribution in [0.25, 0.3) is 0 Å². The maximum atomic E-state index is 13.9. The molecule has 1 fully saturated rings. The smallest absolute Gasteiger partial charge is 0.327 e. The zero-order valence-electron chi connectivity index (χ0n) is 24.3. The Morgan fingerprint density at radius 2 is 1.52 bits per heavy atom. The van der Waals surface area contributed by atoms with Gasteiger partial charge in [-0.3, -0.25) is 14.4 Å². The number of carboxylic acids is 1. The molecular formula is C30H40N4O6S2. The summed E-state index contributed by atoms with van der Waals surface area (Å²) in [6.45, 7) is 7.23. The van der Waals surface area contributed by atoms with Crippen molar-refractivity contribution in [2.45, 2.75) is 74.2 Å². The number of carbonyl (C=O) groups is 4. The number of phenolic OH excluding ortho intramolecular Hbond substituents is 1. The summed E-state index contributed by atoms with van der Waals surface area (Å²) in [5, 5.41) is 27.8. The Labute approximate surface area is 255 Å². The maximum absolute atomic E-state index is 13.9. The predicted octanol–water partition coefficient (Wildman–Crippen LogP) is 2.08. The lowest BCUT2D eigenvalue weighted by atomic mass is 9.98. The largest absolute Gasteiger partial charge is 0.508 e. The number of nitrogens with one attached hydrogen (secondary N) is 3. The third kappa shape index (κ3) is 9.14. The lowest BCUT2D eigenvalue weighted by Gasteiger charge is -2.35. The average molecular weight is 617 g/mol. The van der Waals surface area contributed by atoms with E-state index in [9.17, 15) is 29.4 Å². The van der Waals surface area contributed by atoms with E-state index in [1.54, 1.807) is 26.0 Å². The highest BCUT2D eigenvalue weighted by atomic mass is 32.2. The Kier molecular flexibility index (Phi) is 11.3. The SMILES string of the molecule is CC1(C)SCCSC(C)(C)[C@H](C(=O)O)NC(=O)[C@H](Cc2ccccc2)NC(=O)C1NC(=O)[C@@H](N)Cc1ccc(O)cc1. The molecule has 1 unspecified atom stereocenters. The highest BCUT2D eigenvalue weighted by molar-refractivity contribution is 8.04. The Morgan fingerprint density at radius 1 is 0.929 bits per heavy atom. The van der Waals surface area contributed by atoms with E-state index in [2.05, 4.69) is 16.0 Å². The van der Waals surface area contributed by atoms with Crippen LogP contribution in [-0.4, -0.2) is 79.1 Å². The van der Waals surface area contributed by atoms with E-state index in [0.717, 1.165) is 11.1 Å². The lowest BCUT2D eigenvalue weighted by molar-refractivity contribution is -0.143. The van der Waals surface area contributed by atoms with E-state index < -0.39 is 57.4 Å². The molecule has 4 atom stereocenters. The van der Waals surface area contributed by atoms with Gasteiger partial charge in [-0.05, 0) is 57.4 Å². The molecule has 10 nitrogen and oxygen atoms in total. The maximum Gasteiger partial charge on any atom is 0.327 e. The van der Waals surface area contributed by atoms with Gasteiger partial charge in [0.1, 0.15) is 23.9 Å². The highest BCUT2D eigenvalue weighted by Crippen LogP contribution is 2.34. The van der Waals surface area contributed by atoms with Crippen LogP contribution in [-0.2, 0) is 32.0 Å². The van der Waals surface area contributed by atoms with Crippen molar-refractivity contribution in [3.8, 4) is 5.75 Å². The molecule has 3 rings (SSSR count). The molecule has 12 heteroatoms. The number of carboxylic acid groups (broad SMARTS) is 1. The normalized spacial score (nSPS) is 23.6. The van der Waals surface area contributed by atoms with Crippen molar-refractivity contribution >= 4 is 47.2 Å². The Hall–Kier alpha value is -3.22. The molecule has 0 saturated carbocycles. The molecule has 1 aliphatic rings. The molecule has 1 aliphatic heterocycles. The number of thioether (sulfide) groups is 2. The van der Waals surface area contributed by atoms with Crippen LogP contribution in [0.1, 0.15) is 38.8 Å². The number of phenols is 1. The predicted molar refractivity (Wildman–Crippen MR) is 166 cm³/mol. The summed E-state index contributed by atoms with van der Waals surface area (Å²) in [7, 11) is 0. The summed E-state index contributed by atoms with van der Waals surface area (Å²) in [6, 6.07) is 11.1. The molecule has 0 aliphatic carbocycles. The zero-order chi connectivity index (χ0) is 31.1. The molecule has 3 amide bonds. The summed E-state index contributed by atoms with van der Waals surface area (Å²) in [6.07, 6.45) is 0.308. The van der Waals surface area contributed by atoms with Gasteiger partial charge in [-0.25, -0.2) is 4.79 Å². The lowest BCUT2D eigenvalue weighted by Crippen LogP contribution is -2.63. The number of carbonyl (C=O) groups excluding carboxylic acids is 3. The molecule has 0 radical (unpaired) electrons. The minimum atomic E-state index is -1.20. The third-order valence-electron chi connectivity index (χ3n) is 7.15. The van der Waals surface area contributed by atoms with Crippen LogP contribution in [0.4, 0.5) is 0 Å². The molecule has 42 heavy (non-hydrogen) atoms. The molecule has 2 aromatic rings. The van der Waals surface area contributed by atoms with Gasteiger partial charge in [-0.2, -0.15) is 23.5 Å². The summed E-state index contributed by atoms with van der Waals surface area (Å²) in [5.41, 5.74) is 7.74. The highest BCUT2D eigenvalue weighted by Gasteiger charge is 2.42. The molecule has 0 spiro atoms. The van der Waals surface area contributed by atoms with Crippen LogP contribution >= 0.6 is 23.5 Å². The van der Waals surface area contributed by atoms with Crippen LogP contribution in [0.5, 0.6) is 5.75 Å². The van der Waals surface area contributed by atoms with Crippen molar-refractivity contribution in [2.75, 3.05) is 11.5 Å². The monoisotopic (exact) mass is 616 g/mol. The van der Waals surface area contributed by atoms with E-state index in [4.69, 9.17) is 5.73 Å². The number of rotatable bonds is 7. The van der Waals surface area contributed by atoms with Gasteiger partial charge < -0.3 is 31.9 Å². The van der Waals surface area contributed by atoms with Gasteiger partial charge in [-0.15, -0.1) is 0 Å². The van der Waals surface area contributed by atoms with Gasteiger partial charge in [0.25, 0.3) is 0 Å². The summed E-state index contributed by atoms with van der Waals surface area (Å²) < 4.78 is -1.65. The summed E-state index contributed by atoms with van der Waals surface area (Å²) in [4.78, 5) is 52.9. The van der Waals surface area contributed by atoms with Crippen molar-refractivity contribution in [3.05, 3.63) is 65.7 Å². The second-order valence-electron chi connectivity index (χ2n) is 11.4. The van der Waals surface area contributed by atoms with E-state index in [-0.39, 0.29) is 18.6 Å². The second-order valence-corrected chi connectivity index (χ2v) is 14.9. The first-order valence-electron chi connectivity index (χ1n) is 13.7. The van der Waals surface area contributed by atoms with Crippen LogP contribution in [0.2, 0.25) is 0 Å². The Morgan fingerprint density at radius 3 is 2.12 bits per heavy atom. The number of benzene rings is 2. The van der Waals surface area contributed by atoms with Crippen molar-refractivity contribution in [1.82, 2.24) is 16.0 Å². The molecule has 0 aromatic heterocycles. The number of aromatic hydroxyl groups is 1. The van der Waals surface area contributed by atoms with Crippen molar-refractivity contribution < 1.29 is 29.4 Å². The van der Waals surface area contributed by atoms with Gasteiger partial charge in [0.2, 0.25) is 17.7 Å². The molecule has 7 N–H and O–H groups in total. The van der Waals surface area contributed by atoms with Crippen molar-refractivity contribution in [1.29, 1.82) is 0 Å². The Bertz CT molecular complexity index is 1260. The number of hydrogen-bond donors (Lipinski definition) is 6. The fourth-order valence-electron chi connectivity index (χ4n) is 4.65. The van der Waals surface area contributed by atoms with E-state index >= 15 is 0 Å². The second kappa shape index (κ2) is 14.3. The minimum absolute atomic E-state index is 0.0987. The van der Waals surface area contributed by atoms with Crippen LogP contribution in [0, 0.1) is 0 Å². The molecule has 1 saturated heterocycles. The summed E-state index contributed by atoms with van der Waals surface area (Å²) >= 11 is 2.89. The van der Waals surface area contributed by atoms with E-state index in [0.29, 0.717) is 11.5 Å². The van der Waals surface area contributed by atoms with E-state index in [1.165, 1.54) is 35.7 Å². The molecule has 2 aromatic carbocycles. The molecule has 0 bridgehead atoms. The van der Waals surface area contributed by atoms with Gasteiger partial charge in [0.15, 0.2) is 0 Å².